The summed E-state index contributed by atoms with van der Waals surface area (Å²) in [6.45, 7) is 0.124. The summed E-state index contributed by atoms with van der Waals surface area (Å²) in [4.78, 5) is 13.1. The van der Waals surface area contributed by atoms with E-state index < -0.39 is 17.2 Å². The van der Waals surface area contributed by atoms with Crippen molar-refractivity contribution in [2.75, 3.05) is 19.2 Å². The molecule has 1 fully saturated rings. The number of fused-ring (bicyclic) bond motifs is 1. The summed E-state index contributed by atoms with van der Waals surface area (Å²) < 4.78 is 57.4. The maximum absolute atomic E-state index is 13.9. The number of amides is 1. The van der Waals surface area contributed by atoms with E-state index in [1.165, 1.54) is 19.2 Å². The van der Waals surface area contributed by atoms with Gasteiger partial charge in [-0.3, -0.25) is 4.79 Å². The Morgan fingerprint density at radius 2 is 1.70 bits per heavy atom. The van der Waals surface area contributed by atoms with Crippen molar-refractivity contribution in [3.05, 3.63) is 71.8 Å². The maximum Gasteiger partial charge on any atom is 0.417 e. The number of ether oxygens (including phenoxy) is 3. The van der Waals surface area contributed by atoms with Crippen LogP contribution >= 0.6 is 0 Å². The van der Waals surface area contributed by atoms with Gasteiger partial charge in [0.15, 0.2) is 11.5 Å². The molecule has 1 amide bonds. The Morgan fingerprint density at radius 3 is 2.36 bits per heavy atom. The fourth-order valence-corrected chi connectivity index (χ4v) is 4.10. The molecule has 5 nitrogen and oxygen atoms in total. The van der Waals surface area contributed by atoms with Crippen LogP contribution in [0.1, 0.15) is 24.0 Å². The van der Waals surface area contributed by atoms with Crippen molar-refractivity contribution in [3.63, 3.8) is 0 Å². The molecular formula is C25H20F3NO4. The second kappa shape index (κ2) is 7.72. The largest absolute Gasteiger partial charge is 0.497 e. The molecule has 1 heterocycles. The molecule has 0 unspecified atom stereocenters. The van der Waals surface area contributed by atoms with Gasteiger partial charge in [-0.15, -0.1) is 0 Å². The van der Waals surface area contributed by atoms with E-state index >= 15 is 0 Å². The lowest BCUT2D eigenvalue weighted by Crippen LogP contribution is -2.28. The second-order valence-electron chi connectivity index (χ2n) is 8.09. The first-order chi connectivity index (χ1) is 15.8. The van der Waals surface area contributed by atoms with E-state index in [1.54, 1.807) is 42.5 Å². The van der Waals surface area contributed by atoms with Crippen LogP contribution in [0.2, 0.25) is 0 Å². The zero-order valence-corrected chi connectivity index (χ0v) is 17.7. The van der Waals surface area contributed by atoms with E-state index in [-0.39, 0.29) is 24.0 Å². The number of hydrogen-bond acceptors (Lipinski definition) is 4. The van der Waals surface area contributed by atoms with Gasteiger partial charge in [0.2, 0.25) is 12.7 Å². The standard InChI is InChI=1S/C25H20F3NO4/c1-31-18-6-2-15(3-7-18)19-8-5-17(13-20(19)25(26,27)28)29-23(30)24(10-11-24)16-4-9-21-22(12-16)33-14-32-21/h2-9,12-13H,10-11,14H2,1H3,(H,29,30). The SMILES string of the molecule is COc1ccc(-c2ccc(NC(=O)C3(c4ccc5c(c4)OCO5)CC3)cc2C(F)(F)F)cc1. The van der Waals surface area contributed by atoms with Gasteiger partial charge in [0.05, 0.1) is 18.1 Å². The minimum atomic E-state index is -4.59. The van der Waals surface area contributed by atoms with Crippen molar-refractivity contribution in [3.8, 4) is 28.4 Å². The van der Waals surface area contributed by atoms with Crippen LogP contribution in [0.15, 0.2) is 60.7 Å². The van der Waals surface area contributed by atoms with E-state index in [9.17, 15) is 18.0 Å². The highest BCUT2D eigenvalue weighted by Gasteiger charge is 2.51. The van der Waals surface area contributed by atoms with Crippen LogP contribution in [0, 0.1) is 0 Å². The fourth-order valence-electron chi connectivity index (χ4n) is 4.10. The normalized spacial score (nSPS) is 15.8. The number of carbonyl (C=O) groups is 1. The molecule has 2 aliphatic rings. The van der Waals surface area contributed by atoms with Crippen molar-refractivity contribution in [2.24, 2.45) is 0 Å². The molecular weight excluding hydrogens is 435 g/mol. The summed E-state index contributed by atoms with van der Waals surface area (Å²) in [6.07, 6.45) is -3.38. The van der Waals surface area contributed by atoms with E-state index in [4.69, 9.17) is 14.2 Å². The van der Waals surface area contributed by atoms with Gasteiger partial charge < -0.3 is 19.5 Å². The zero-order chi connectivity index (χ0) is 23.2. The number of nitrogens with one attached hydrogen (secondary N) is 1. The summed E-state index contributed by atoms with van der Waals surface area (Å²) in [6, 6.07) is 15.5. The molecule has 0 aromatic heterocycles. The predicted molar refractivity (Wildman–Crippen MR) is 116 cm³/mol. The van der Waals surface area contributed by atoms with Crippen molar-refractivity contribution in [1.82, 2.24) is 0 Å². The molecule has 1 aliphatic carbocycles. The molecule has 0 atom stereocenters. The number of methoxy groups -OCH3 is 1. The van der Waals surface area contributed by atoms with Crippen molar-refractivity contribution in [2.45, 2.75) is 24.4 Å². The van der Waals surface area contributed by atoms with Gasteiger partial charge in [0.1, 0.15) is 5.75 Å². The van der Waals surface area contributed by atoms with Gasteiger partial charge in [0.25, 0.3) is 0 Å². The highest BCUT2D eigenvalue weighted by atomic mass is 19.4. The van der Waals surface area contributed by atoms with Crippen LogP contribution in [-0.4, -0.2) is 19.8 Å². The third kappa shape index (κ3) is 3.86. The number of halogens is 3. The summed E-state index contributed by atoms with van der Waals surface area (Å²) in [5.41, 5.74) is -0.321. The summed E-state index contributed by atoms with van der Waals surface area (Å²) in [5.74, 6) is 1.38. The first-order valence-corrected chi connectivity index (χ1v) is 10.4. The molecule has 1 aliphatic heterocycles. The molecule has 3 aromatic rings. The number of alkyl halides is 3. The maximum atomic E-state index is 13.9. The minimum absolute atomic E-state index is 0.0278. The zero-order valence-electron chi connectivity index (χ0n) is 17.7. The van der Waals surface area contributed by atoms with Gasteiger partial charge in [-0.1, -0.05) is 24.3 Å². The Morgan fingerprint density at radius 1 is 0.970 bits per heavy atom. The number of carbonyl (C=O) groups excluding carboxylic acids is 1. The summed E-state index contributed by atoms with van der Waals surface area (Å²) in [7, 11) is 1.49. The van der Waals surface area contributed by atoms with E-state index in [1.807, 2.05) is 0 Å². The molecule has 3 aromatic carbocycles. The molecule has 8 heteroatoms. The number of benzene rings is 3. The molecule has 0 bridgehead atoms. The lowest BCUT2D eigenvalue weighted by Gasteiger charge is -2.19. The smallest absolute Gasteiger partial charge is 0.417 e. The number of hydrogen-bond donors (Lipinski definition) is 1. The fraction of sp³-hybridized carbons (Fsp3) is 0.240. The first kappa shape index (κ1) is 21.2. The first-order valence-electron chi connectivity index (χ1n) is 10.4. The lowest BCUT2D eigenvalue weighted by molar-refractivity contribution is -0.137. The molecule has 0 radical (unpaired) electrons. The minimum Gasteiger partial charge on any atom is -0.497 e. The third-order valence-corrected chi connectivity index (χ3v) is 6.09. The number of rotatable bonds is 5. The highest BCUT2D eigenvalue weighted by Crippen LogP contribution is 2.51. The predicted octanol–water partition coefficient (Wildman–Crippen LogP) is 5.78. The topological polar surface area (TPSA) is 56.8 Å². The van der Waals surface area contributed by atoms with E-state index in [2.05, 4.69) is 5.32 Å². The average Bonchev–Trinajstić information content (AvgIpc) is 3.49. The van der Waals surface area contributed by atoms with Gasteiger partial charge in [-0.25, -0.2) is 0 Å². The van der Waals surface area contributed by atoms with E-state index in [0.717, 1.165) is 11.6 Å². The number of anilines is 1. The summed E-state index contributed by atoms with van der Waals surface area (Å²) in [5, 5.41) is 2.69. The second-order valence-corrected chi connectivity index (χ2v) is 8.09. The Hall–Kier alpha value is -3.68. The summed E-state index contributed by atoms with van der Waals surface area (Å²) >= 11 is 0. The van der Waals surface area contributed by atoms with Gasteiger partial charge in [0, 0.05) is 5.69 Å². The van der Waals surface area contributed by atoms with Crippen LogP contribution in [0.25, 0.3) is 11.1 Å². The van der Waals surface area contributed by atoms with Gasteiger partial charge in [-0.2, -0.15) is 13.2 Å². The van der Waals surface area contributed by atoms with E-state index in [0.29, 0.717) is 35.7 Å². The van der Waals surface area contributed by atoms with Crippen LogP contribution in [0.3, 0.4) is 0 Å². The van der Waals surface area contributed by atoms with Gasteiger partial charge in [-0.05, 0) is 65.9 Å². The molecule has 33 heavy (non-hydrogen) atoms. The molecule has 5 rings (SSSR count). The third-order valence-electron chi connectivity index (χ3n) is 6.09. The molecule has 1 N–H and O–H groups in total. The van der Waals surface area contributed by atoms with Crippen LogP contribution in [-0.2, 0) is 16.4 Å². The highest BCUT2D eigenvalue weighted by molar-refractivity contribution is 6.01. The Bertz CT molecular complexity index is 1220. The van der Waals surface area contributed by atoms with Crippen molar-refractivity contribution < 1.29 is 32.2 Å². The molecule has 170 valence electrons. The van der Waals surface area contributed by atoms with Crippen molar-refractivity contribution >= 4 is 11.6 Å². The Labute approximate surface area is 188 Å². The van der Waals surface area contributed by atoms with Crippen molar-refractivity contribution in [1.29, 1.82) is 0 Å². The molecule has 0 saturated heterocycles. The quantitative estimate of drug-likeness (QED) is 0.530. The van der Waals surface area contributed by atoms with Gasteiger partial charge >= 0.3 is 6.18 Å². The lowest BCUT2D eigenvalue weighted by atomic mass is 9.94. The van der Waals surface area contributed by atoms with Crippen LogP contribution < -0.4 is 19.5 Å². The Balaban J connectivity index is 1.43. The average molecular weight is 455 g/mol. The van der Waals surface area contributed by atoms with Crippen LogP contribution in [0.5, 0.6) is 17.2 Å². The Kier molecular flexibility index (Phi) is 4.96. The monoisotopic (exact) mass is 455 g/mol. The molecule has 1 saturated carbocycles. The van der Waals surface area contributed by atoms with Crippen LogP contribution in [0.4, 0.5) is 18.9 Å². The molecule has 0 spiro atoms.